The molecule has 2 nitrogen and oxygen atoms in total. The number of unbranched alkanes of at least 4 members (excludes halogenated alkanes) is 1. The smallest absolute Gasteiger partial charge is 0.122 e. The van der Waals surface area contributed by atoms with Crippen LogP contribution >= 0.6 is 0 Å². The molecule has 1 aromatic carbocycles. The van der Waals surface area contributed by atoms with E-state index in [0.29, 0.717) is 13.0 Å². The average Bonchev–Trinajstić information content (AvgIpc) is 2.22. The number of hydrogen-bond donors (Lipinski definition) is 0. The number of benzene rings is 1. The van der Waals surface area contributed by atoms with E-state index in [1.54, 1.807) is 0 Å². The lowest BCUT2D eigenvalue weighted by molar-refractivity contribution is 0.336. The van der Waals surface area contributed by atoms with E-state index < -0.39 is 0 Å². The Bertz CT molecular complexity index is 352. The van der Waals surface area contributed by atoms with Crippen molar-refractivity contribution in [2.24, 2.45) is 0 Å². The van der Waals surface area contributed by atoms with Crippen molar-refractivity contribution in [3.8, 4) is 11.8 Å². The summed E-state index contributed by atoms with van der Waals surface area (Å²) in [6, 6.07) is 8.37. The second kappa shape index (κ2) is 6.08. The number of rotatable bonds is 5. The van der Waals surface area contributed by atoms with Gasteiger partial charge in [-0.25, -0.2) is 0 Å². The highest BCUT2D eigenvalue weighted by Gasteiger charge is 2.03. The Morgan fingerprint density at radius 3 is 2.87 bits per heavy atom. The lowest BCUT2D eigenvalue weighted by Gasteiger charge is -2.10. The van der Waals surface area contributed by atoms with E-state index in [-0.39, 0.29) is 0 Å². The number of ether oxygens (including phenoxy) is 1. The van der Waals surface area contributed by atoms with E-state index in [4.69, 9.17) is 10.00 Å². The Kier molecular flexibility index (Phi) is 4.70. The summed E-state index contributed by atoms with van der Waals surface area (Å²) in [6.45, 7) is 4.75. The van der Waals surface area contributed by atoms with Crippen LogP contribution in [0.3, 0.4) is 0 Å². The molecule has 0 aliphatic rings. The summed E-state index contributed by atoms with van der Waals surface area (Å²) in [4.78, 5) is 0. The molecule has 0 radical (unpaired) electrons. The monoisotopic (exact) mass is 203 g/mol. The SMILES string of the molecule is CCOc1ccc(C)cc1CCCC#N. The third-order valence-electron chi connectivity index (χ3n) is 2.25. The highest BCUT2D eigenvalue weighted by Crippen LogP contribution is 2.21. The Balaban J connectivity index is 2.73. The van der Waals surface area contributed by atoms with Gasteiger partial charge in [0.2, 0.25) is 0 Å². The van der Waals surface area contributed by atoms with Crippen LogP contribution in [-0.2, 0) is 6.42 Å². The zero-order valence-corrected chi connectivity index (χ0v) is 9.42. The molecule has 0 spiro atoms. The van der Waals surface area contributed by atoms with Crippen molar-refractivity contribution in [2.45, 2.75) is 33.1 Å². The van der Waals surface area contributed by atoms with Crippen LogP contribution in [0.5, 0.6) is 5.75 Å². The molecule has 1 rings (SSSR count). The van der Waals surface area contributed by atoms with Gasteiger partial charge in [-0.15, -0.1) is 0 Å². The summed E-state index contributed by atoms with van der Waals surface area (Å²) >= 11 is 0. The van der Waals surface area contributed by atoms with Crippen LogP contribution in [-0.4, -0.2) is 6.61 Å². The van der Waals surface area contributed by atoms with E-state index in [0.717, 1.165) is 18.6 Å². The molecule has 0 aliphatic heterocycles. The lowest BCUT2D eigenvalue weighted by Crippen LogP contribution is -1.97. The van der Waals surface area contributed by atoms with Crippen molar-refractivity contribution >= 4 is 0 Å². The average molecular weight is 203 g/mol. The van der Waals surface area contributed by atoms with Gasteiger partial charge >= 0.3 is 0 Å². The molecule has 1 aromatic rings. The fourth-order valence-corrected chi connectivity index (χ4v) is 1.56. The molecular weight excluding hydrogens is 186 g/mol. The van der Waals surface area contributed by atoms with E-state index in [1.165, 1.54) is 11.1 Å². The van der Waals surface area contributed by atoms with Crippen molar-refractivity contribution in [1.29, 1.82) is 5.26 Å². The van der Waals surface area contributed by atoms with Crippen molar-refractivity contribution in [1.82, 2.24) is 0 Å². The second-order valence-corrected chi connectivity index (χ2v) is 3.56. The maximum atomic E-state index is 8.49. The highest BCUT2D eigenvalue weighted by molar-refractivity contribution is 5.37. The van der Waals surface area contributed by atoms with Crippen LogP contribution in [0.15, 0.2) is 18.2 Å². The van der Waals surface area contributed by atoms with Crippen molar-refractivity contribution in [3.05, 3.63) is 29.3 Å². The van der Waals surface area contributed by atoms with Crippen molar-refractivity contribution in [2.75, 3.05) is 6.61 Å². The predicted octanol–water partition coefficient (Wildman–Crippen LogP) is 3.24. The van der Waals surface area contributed by atoms with Crippen molar-refractivity contribution < 1.29 is 4.74 Å². The third kappa shape index (κ3) is 3.63. The normalized spacial score (nSPS) is 9.67. The quantitative estimate of drug-likeness (QED) is 0.688. The zero-order valence-electron chi connectivity index (χ0n) is 9.42. The summed E-state index contributed by atoms with van der Waals surface area (Å²) in [5.41, 5.74) is 2.46. The molecule has 2 heteroatoms. The van der Waals surface area contributed by atoms with Crippen molar-refractivity contribution in [3.63, 3.8) is 0 Å². The van der Waals surface area contributed by atoms with Gasteiger partial charge < -0.3 is 4.74 Å². The minimum atomic E-state index is 0.611. The largest absolute Gasteiger partial charge is 0.494 e. The molecule has 0 atom stereocenters. The minimum absolute atomic E-state index is 0.611. The van der Waals surface area contributed by atoms with Crippen LogP contribution < -0.4 is 4.74 Å². The van der Waals surface area contributed by atoms with Gasteiger partial charge in [0.25, 0.3) is 0 Å². The highest BCUT2D eigenvalue weighted by atomic mass is 16.5. The first-order chi connectivity index (χ1) is 7.27. The Hall–Kier alpha value is -1.49. The number of hydrogen-bond acceptors (Lipinski definition) is 2. The van der Waals surface area contributed by atoms with Crippen LogP contribution in [0.25, 0.3) is 0 Å². The standard InChI is InChI=1S/C13H17NO/c1-3-15-13-8-7-11(2)10-12(13)6-4-5-9-14/h7-8,10H,3-6H2,1-2H3. The summed E-state index contributed by atoms with van der Waals surface area (Å²) in [6.07, 6.45) is 2.43. The minimum Gasteiger partial charge on any atom is -0.494 e. The molecule has 15 heavy (non-hydrogen) atoms. The molecule has 0 bridgehead atoms. The fourth-order valence-electron chi connectivity index (χ4n) is 1.56. The van der Waals surface area contributed by atoms with Crippen LogP contribution in [0.1, 0.15) is 30.9 Å². The molecule has 0 N–H and O–H groups in total. The Labute approximate surface area is 91.5 Å². The van der Waals surface area contributed by atoms with Gasteiger partial charge in [0.15, 0.2) is 0 Å². The van der Waals surface area contributed by atoms with Gasteiger partial charge in [0, 0.05) is 6.42 Å². The fraction of sp³-hybridized carbons (Fsp3) is 0.462. The molecule has 0 saturated carbocycles. The molecule has 80 valence electrons. The molecule has 0 unspecified atom stereocenters. The Morgan fingerprint density at radius 1 is 1.40 bits per heavy atom. The molecule has 0 aliphatic carbocycles. The van der Waals surface area contributed by atoms with E-state index in [2.05, 4.69) is 25.1 Å². The number of nitriles is 1. The summed E-state index contributed by atoms with van der Waals surface area (Å²) in [7, 11) is 0. The van der Waals surface area contributed by atoms with Crippen LogP contribution in [0.2, 0.25) is 0 Å². The van der Waals surface area contributed by atoms with Gasteiger partial charge in [-0.2, -0.15) is 5.26 Å². The first-order valence-electron chi connectivity index (χ1n) is 5.37. The van der Waals surface area contributed by atoms with E-state index in [9.17, 15) is 0 Å². The topological polar surface area (TPSA) is 33.0 Å². The van der Waals surface area contributed by atoms with Crippen LogP contribution in [0, 0.1) is 18.3 Å². The summed E-state index contributed by atoms with van der Waals surface area (Å²) in [5, 5.41) is 8.49. The molecule has 0 heterocycles. The Morgan fingerprint density at radius 2 is 2.20 bits per heavy atom. The number of aryl methyl sites for hydroxylation is 2. The van der Waals surface area contributed by atoms with Crippen LogP contribution in [0.4, 0.5) is 0 Å². The summed E-state index contributed by atoms with van der Waals surface area (Å²) < 4.78 is 5.54. The second-order valence-electron chi connectivity index (χ2n) is 3.56. The summed E-state index contributed by atoms with van der Waals surface area (Å²) in [5.74, 6) is 0.959. The molecule has 0 saturated heterocycles. The lowest BCUT2D eigenvalue weighted by atomic mass is 10.0. The van der Waals surface area contributed by atoms with Gasteiger partial charge in [-0.05, 0) is 38.3 Å². The van der Waals surface area contributed by atoms with E-state index in [1.807, 2.05) is 13.0 Å². The van der Waals surface area contributed by atoms with Gasteiger partial charge in [0.1, 0.15) is 5.75 Å². The van der Waals surface area contributed by atoms with Gasteiger partial charge in [0.05, 0.1) is 12.7 Å². The maximum Gasteiger partial charge on any atom is 0.122 e. The first kappa shape index (κ1) is 11.6. The molecule has 0 fully saturated rings. The van der Waals surface area contributed by atoms with Gasteiger partial charge in [-0.1, -0.05) is 17.7 Å². The molecular formula is C13H17NO. The maximum absolute atomic E-state index is 8.49. The third-order valence-corrected chi connectivity index (χ3v) is 2.25. The zero-order chi connectivity index (χ0) is 11.1. The molecule has 0 aromatic heterocycles. The van der Waals surface area contributed by atoms with Gasteiger partial charge in [-0.3, -0.25) is 0 Å². The van der Waals surface area contributed by atoms with E-state index >= 15 is 0 Å². The first-order valence-corrected chi connectivity index (χ1v) is 5.37. The molecule has 0 amide bonds. The predicted molar refractivity (Wildman–Crippen MR) is 60.9 cm³/mol. The number of nitrogens with zero attached hydrogens (tertiary/aromatic N) is 1.